The molecule has 0 bridgehead atoms. The van der Waals surface area contributed by atoms with Crippen LogP contribution in [-0.4, -0.2) is 33.5 Å². The lowest BCUT2D eigenvalue weighted by molar-refractivity contribution is 0.249. The van der Waals surface area contributed by atoms with E-state index in [2.05, 4.69) is 15.7 Å². The molecule has 0 saturated carbocycles. The van der Waals surface area contributed by atoms with Crippen molar-refractivity contribution in [1.82, 2.24) is 19.7 Å². The van der Waals surface area contributed by atoms with Crippen molar-refractivity contribution in [3.8, 4) is 0 Å². The van der Waals surface area contributed by atoms with E-state index in [1.54, 1.807) is 0 Å². The molecule has 1 heterocycles. The van der Waals surface area contributed by atoms with Gasteiger partial charge in [-0.25, -0.2) is 14.3 Å². The standard InChI is InChI=1S/C8H14N6O3/c1-13-6(15)5(12-14(2)8(13)17)10-3-4-11-7(9)16/h3-4H2,1-2H3,(H,10,12)(H3,9,11,16). The van der Waals surface area contributed by atoms with Gasteiger partial charge in [-0.2, -0.15) is 0 Å². The highest BCUT2D eigenvalue weighted by Crippen LogP contribution is 1.86. The average Bonchev–Trinajstić information content (AvgIpc) is 2.27. The van der Waals surface area contributed by atoms with Crippen molar-refractivity contribution < 1.29 is 4.79 Å². The van der Waals surface area contributed by atoms with Crippen LogP contribution in [-0.2, 0) is 14.1 Å². The second kappa shape index (κ2) is 5.14. The Morgan fingerprint density at radius 1 is 1.35 bits per heavy atom. The Hall–Kier alpha value is -2.32. The van der Waals surface area contributed by atoms with Crippen LogP contribution < -0.4 is 27.6 Å². The minimum atomic E-state index is -0.645. The molecule has 0 aromatic carbocycles. The minimum absolute atomic E-state index is 0.0425. The van der Waals surface area contributed by atoms with E-state index in [0.29, 0.717) is 0 Å². The summed E-state index contributed by atoms with van der Waals surface area (Å²) in [5.74, 6) is 0.0425. The van der Waals surface area contributed by atoms with Crippen LogP contribution in [0, 0.1) is 0 Å². The first kappa shape index (κ1) is 12.7. The van der Waals surface area contributed by atoms with Crippen LogP contribution in [0.1, 0.15) is 0 Å². The summed E-state index contributed by atoms with van der Waals surface area (Å²) in [6.07, 6.45) is 0. The predicted molar refractivity (Wildman–Crippen MR) is 60.8 cm³/mol. The minimum Gasteiger partial charge on any atom is -0.362 e. The fraction of sp³-hybridized carbons (Fsp3) is 0.500. The molecule has 0 aliphatic heterocycles. The number of rotatable bonds is 4. The number of carbonyl (C=O) groups excluding carboxylic acids is 1. The molecular formula is C8H14N6O3. The molecule has 0 unspecified atom stereocenters. The Morgan fingerprint density at radius 2 is 2.00 bits per heavy atom. The molecule has 4 N–H and O–H groups in total. The fourth-order valence-corrected chi connectivity index (χ4v) is 1.18. The second-order valence-corrected chi connectivity index (χ2v) is 3.34. The first-order chi connectivity index (χ1) is 7.93. The fourth-order valence-electron chi connectivity index (χ4n) is 1.18. The van der Waals surface area contributed by atoms with Crippen molar-refractivity contribution in [2.75, 3.05) is 18.4 Å². The Bertz CT molecular complexity index is 531. The largest absolute Gasteiger partial charge is 0.362 e. The molecule has 1 aromatic heterocycles. The number of nitrogens with one attached hydrogen (secondary N) is 2. The van der Waals surface area contributed by atoms with E-state index in [9.17, 15) is 14.4 Å². The van der Waals surface area contributed by atoms with Crippen molar-refractivity contribution in [2.45, 2.75) is 0 Å². The lowest BCUT2D eigenvalue weighted by Gasteiger charge is -2.07. The summed E-state index contributed by atoms with van der Waals surface area (Å²) < 4.78 is 1.99. The van der Waals surface area contributed by atoms with Gasteiger partial charge in [0, 0.05) is 27.2 Å². The van der Waals surface area contributed by atoms with Crippen LogP contribution in [0.25, 0.3) is 0 Å². The van der Waals surface area contributed by atoms with E-state index in [-0.39, 0.29) is 18.9 Å². The van der Waals surface area contributed by atoms with Gasteiger partial charge in [-0.05, 0) is 0 Å². The molecule has 1 aromatic rings. The molecule has 2 amide bonds. The highest BCUT2D eigenvalue weighted by Gasteiger charge is 2.07. The zero-order chi connectivity index (χ0) is 13.0. The Morgan fingerprint density at radius 3 is 2.59 bits per heavy atom. The van der Waals surface area contributed by atoms with Gasteiger partial charge in [0.25, 0.3) is 5.56 Å². The van der Waals surface area contributed by atoms with E-state index >= 15 is 0 Å². The van der Waals surface area contributed by atoms with E-state index in [1.807, 2.05) is 0 Å². The van der Waals surface area contributed by atoms with Crippen LogP contribution in [0.15, 0.2) is 9.59 Å². The van der Waals surface area contributed by atoms with Crippen LogP contribution >= 0.6 is 0 Å². The number of carbonyl (C=O) groups is 1. The number of hydrogen-bond donors (Lipinski definition) is 3. The zero-order valence-corrected chi connectivity index (χ0v) is 9.56. The molecule has 0 radical (unpaired) electrons. The highest BCUT2D eigenvalue weighted by molar-refractivity contribution is 5.71. The maximum atomic E-state index is 11.6. The lowest BCUT2D eigenvalue weighted by atomic mass is 10.5. The molecule has 0 aliphatic rings. The van der Waals surface area contributed by atoms with Gasteiger partial charge < -0.3 is 16.4 Å². The molecule has 0 atom stereocenters. The summed E-state index contributed by atoms with van der Waals surface area (Å²) in [7, 11) is 2.80. The van der Waals surface area contributed by atoms with Gasteiger partial charge in [0.05, 0.1) is 0 Å². The number of amides is 2. The van der Waals surface area contributed by atoms with Crippen molar-refractivity contribution in [1.29, 1.82) is 0 Å². The normalized spacial score (nSPS) is 10.0. The number of nitrogens with zero attached hydrogens (tertiary/aromatic N) is 3. The summed E-state index contributed by atoms with van der Waals surface area (Å²) in [5.41, 5.74) is 3.84. The number of nitrogens with two attached hydrogens (primary N) is 1. The number of urea groups is 1. The quantitative estimate of drug-likeness (QED) is 0.506. The van der Waals surface area contributed by atoms with Crippen LogP contribution in [0.3, 0.4) is 0 Å². The van der Waals surface area contributed by atoms with Crippen molar-refractivity contribution in [2.24, 2.45) is 19.8 Å². The topological polar surface area (TPSA) is 124 Å². The van der Waals surface area contributed by atoms with Crippen molar-refractivity contribution in [3.63, 3.8) is 0 Å². The van der Waals surface area contributed by atoms with Gasteiger partial charge in [0.15, 0.2) is 0 Å². The molecule has 17 heavy (non-hydrogen) atoms. The average molecular weight is 242 g/mol. The van der Waals surface area contributed by atoms with Gasteiger partial charge in [0.2, 0.25) is 5.82 Å². The second-order valence-electron chi connectivity index (χ2n) is 3.34. The molecule has 94 valence electrons. The maximum absolute atomic E-state index is 11.6. The van der Waals surface area contributed by atoms with E-state index in [0.717, 1.165) is 9.25 Å². The first-order valence-corrected chi connectivity index (χ1v) is 4.85. The lowest BCUT2D eigenvalue weighted by Crippen LogP contribution is -2.41. The van der Waals surface area contributed by atoms with Crippen molar-refractivity contribution >= 4 is 11.8 Å². The van der Waals surface area contributed by atoms with Gasteiger partial charge in [-0.1, -0.05) is 0 Å². The molecule has 1 rings (SSSR count). The van der Waals surface area contributed by atoms with Gasteiger partial charge in [-0.3, -0.25) is 9.36 Å². The molecular weight excluding hydrogens is 228 g/mol. The Balaban J connectivity index is 2.76. The maximum Gasteiger partial charge on any atom is 0.346 e. The van der Waals surface area contributed by atoms with E-state index in [4.69, 9.17) is 5.73 Å². The van der Waals surface area contributed by atoms with Crippen LogP contribution in [0.2, 0.25) is 0 Å². The highest BCUT2D eigenvalue weighted by atomic mass is 16.2. The summed E-state index contributed by atoms with van der Waals surface area (Å²) in [6.45, 7) is 0.534. The number of aryl methyl sites for hydroxylation is 1. The Kier molecular flexibility index (Phi) is 3.86. The molecule has 0 fully saturated rings. The van der Waals surface area contributed by atoms with Gasteiger partial charge in [-0.15, -0.1) is 5.10 Å². The predicted octanol–water partition coefficient (Wildman–Crippen LogP) is -2.44. The van der Waals surface area contributed by atoms with Crippen LogP contribution in [0.4, 0.5) is 10.6 Å². The van der Waals surface area contributed by atoms with E-state index < -0.39 is 17.3 Å². The third-order valence-electron chi connectivity index (χ3n) is 2.04. The molecule has 9 heteroatoms. The number of primary amides is 1. The first-order valence-electron chi connectivity index (χ1n) is 4.85. The molecule has 9 nitrogen and oxygen atoms in total. The van der Waals surface area contributed by atoms with Gasteiger partial charge in [0.1, 0.15) is 0 Å². The van der Waals surface area contributed by atoms with Crippen molar-refractivity contribution in [3.05, 3.63) is 20.8 Å². The Labute approximate surface area is 96.2 Å². The third-order valence-corrected chi connectivity index (χ3v) is 2.04. The smallest absolute Gasteiger partial charge is 0.346 e. The van der Waals surface area contributed by atoms with Gasteiger partial charge >= 0.3 is 11.7 Å². The summed E-state index contributed by atoms with van der Waals surface area (Å²) in [6, 6.07) is -0.645. The zero-order valence-electron chi connectivity index (χ0n) is 9.56. The SMILES string of the molecule is Cn1nc(NCCNC(N)=O)c(=O)n(C)c1=O. The van der Waals surface area contributed by atoms with Crippen LogP contribution in [0.5, 0.6) is 0 Å². The monoisotopic (exact) mass is 242 g/mol. The molecule has 0 aliphatic carbocycles. The number of anilines is 1. The number of aromatic nitrogens is 3. The van der Waals surface area contributed by atoms with E-state index in [1.165, 1.54) is 14.1 Å². The number of hydrogen-bond acceptors (Lipinski definition) is 5. The molecule has 0 saturated heterocycles. The summed E-state index contributed by atoms with van der Waals surface area (Å²) in [4.78, 5) is 33.3. The summed E-state index contributed by atoms with van der Waals surface area (Å²) in [5, 5.41) is 8.82. The third kappa shape index (κ3) is 3.06. The summed E-state index contributed by atoms with van der Waals surface area (Å²) >= 11 is 0. The molecule has 0 spiro atoms.